The number of hydrogen-bond acceptors (Lipinski definition) is 13. The molecule has 324 valence electrons. The highest BCUT2D eigenvalue weighted by molar-refractivity contribution is 6.18. The lowest BCUT2D eigenvalue weighted by atomic mass is 9.71. The Hall–Kier alpha value is -4.94. The predicted octanol–water partition coefficient (Wildman–Crippen LogP) is 3.01. The number of carbonyl (C=O) groups is 3. The van der Waals surface area contributed by atoms with Gasteiger partial charge in [0, 0.05) is 93.2 Å². The number of aliphatic hydroxyl groups excluding tert-OH is 3. The fraction of sp³-hybridized carbons (Fsp3) is 0.565. The molecule has 3 heterocycles. The van der Waals surface area contributed by atoms with Crippen molar-refractivity contribution in [3.63, 3.8) is 0 Å². The van der Waals surface area contributed by atoms with Crippen LogP contribution < -0.4 is 15.8 Å². The van der Waals surface area contributed by atoms with Gasteiger partial charge in [-0.05, 0) is 31.6 Å². The van der Waals surface area contributed by atoms with E-state index in [2.05, 4.69) is 22.1 Å². The number of allylic oxidation sites excluding steroid dienone is 3. The lowest BCUT2D eigenvalue weighted by Crippen LogP contribution is -2.47. The maximum Gasteiger partial charge on any atom is 0.302 e. The molecule has 7 rings (SSSR count). The van der Waals surface area contributed by atoms with Gasteiger partial charge in [0.25, 0.3) is 5.91 Å². The van der Waals surface area contributed by atoms with E-state index in [-0.39, 0.29) is 45.7 Å². The summed E-state index contributed by atoms with van der Waals surface area (Å²) in [6.45, 7) is 10.9. The number of hydrazone groups is 1. The summed E-state index contributed by atoms with van der Waals surface area (Å²) in [5, 5.41) is 68.0. The molecule has 9 atom stereocenters. The topological polar surface area (TPSA) is 202 Å². The molecule has 0 aromatic heterocycles. The van der Waals surface area contributed by atoms with Crippen molar-refractivity contribution in [2.75, 3.05) is 38.6 Å². The second-order valence-corrected chi connectivity index (χ2v) is 17.0. The van der Waals surface area contributed by atoms with Crippen molar-refractivity contribution in [2.45, 2.75) is 104 Å². The average Bonchev–Trinajstić information content (AvgIpc) is 3.72. The molecule has 6 aliphatic rings. The number of carbonyl (C=O) groups excluding carboxylic acids is 3. The summed E-state index contributed by atoms with van der Waals surface area (Å²) in [6.07, 6.45) is 10.0. The number of phenolic OH excluding ortho intramolecular Hbond substituents is 2. The van der Waals surface area contributed by atoms with E-state index in [1.807, 2.05) is 5.01 Å². The van der Waals surface area contributed by atoms with Gasteiger partial charge < -0.3 is 40.3 Å². The molecule has 60 heavy (non-hydrogen) atoms. The Kier molecular flexibility index (Phi) is 14.3. The molecule has 2 fully saturated rings. The molecule has 3 aliphatic carbocycles. The van der Waals surface area contributed by atoms with Crippen molar-refractivity contribution in [2.24, 2.45) is 34.7 Å². The van der Waals surface area contributed by atoms with Crippen molar-refractivity contribution >= 4 is 40.9 Å². The summed E-state index contributed by atoms with van der Waals surface area (Å²) in [5.74, 6) is -1.52. The summed E-state index contributed by atoms with van der Waals surface area (Å²) in [6, 6.07) is 0.557. The molecule has 14 heteroatoms. The number of ether oxygens (including phenoxy) is 2. The molecule has 1 saturated heterocycles. The van der Waals surface area contributed by atoms with E-state index < -0.39 is 88.9 Å². The number of fused-ring (bicyclic) bond motifs is 10. The number of phenols is 2. The van der Waals surface area contributed by atoms with Crippen LogP contribution in [-0.4, -0.2) is 123 Å². The van der Waals surface area contributed by atoms with Crippen LogP contribution in [-0.2, 0) is 23.9 Å². The maximum atomic E-state index is 14.5. The smallest absolute Gasteiger partial charge is 0.302 e. The number of nitrogens with zero attached hydrogens (tertiary/aromatic N) is 3. The average molecular weight is 829 g/mol. The Labute approximate surface area is 351 Å². The monoisotopic (exact) mass is 828 g/mol. The van der Waals surface area contributed by atoms with Crippen molar-refractivity contribution in [3.05, 3.63) is 52.0 Å². The molecule has 6 N–H and O–H groups in total. The molecule has 1 aromatic rings. The third kappa shape index (κ3) is 9.34. The number of methoxy groups -OCH3 is 1. The van der Waals surface area contributed by atoms with Gasteiger partial charge in [0.05, 0.1) is 46.9 Å². The molecule has 1 amide bonds. The number of piperazine rings is 1. The SMILES string of the molecule is CO[C@H]1/C=C/CC(=O)C2=c3c(O)c(/C=N/N4CCN(C5CCCC5)CC4)c4c(O)c3=C(O)C#CC2C(C)[C@@H]1[C@@H](OC(C)=O)C[C@H](O)[C@H](C)[C@@H](O)[C@@H](C)/C=C/C=C(/C)C(=O)N4. The Morgan fingerprint density at radius 1 is 0.983 bits per heavy atom. The molecule has 0 spiro atoms. The van der Waals surface area contributed by atoms with Gasteiger partial charge in [0.1, 0.15) is 11.9 Å². The highest BCUT2D eigenvalue weighted by Crippen LogP contribution is 2.40. The van der Waals surface area contributed by atoms with E-state index in [9.17, 15) is 39.9 Å². The molecule has 14 nitrogen and oxygen atoms in total. The molecule has 0 radical (unpaired) electrons. The second kappa shape index (κ2) is 19.2. The predicted molar refractivity (Wildman–Crippen MR) is 227 cm³/mol. The van der Waals surface area contributed by atoms with Crippen LogP contribution in [0.25, 0.3) is 11.3 Å². The molecular formula is C46H60N4O10. The zero-order valence-electron chi connectivity index (χ0n) is 35.4. The van der Waals surface area contributed by atoms with Crippen LogP contribution in [0.4, 0.5) is 5.69 Å². The number of nitrogens with one attached hydrogen (secondary N) is 1. The summed E-state index contributed by atoms with van der Waals surface area (Å²) in [4.78, 5) is 43.6. The van der Waals surface area contributed by atoms with Crippen molar-refractivity contribution in [3.8, 4) is 23.3 Å². The van der Waals surface area contributed by atoms with Crippen molar-refractivity contribution in [1.29, 1.82) is 0 Å². The fourth-order valence-electron chi connectivity index (χ4n) is 9.52. The van der Waals surface area contributed by atoms with Crippen LogP contribution in [0.1, 0.15) is 78.7 Å². The van der Waals surface area contributed by atoms with Gasteiger partial charge in [-0.25, -0.2) is 0 Å². The minimum atomic E-state index is -1.18. The van der Waals surface area contributed by atoms with Crippen LogP contribution in [0.2, 0.25) is 0 Å². The molecule has 1 saturated carbocycles. The van der Waals surface area contributed by atoms with Gasteiger partial charge in [-0.3, -0.25) is 24.3 Å². The van der Waals surface area contributed by atoms with E-state index in [0.717, 1.165) is 13.1 Å². The molecule has 1 aromatic carbocycles. The largest absolute Gasteiger partial charge is 0.507 e. The lowest BCUT2D eigenvalue weighted by molar-refractivity contribution is -0.157. The summed E-state index contributed by atoms with van der Waals surface area (Å²) >= 11 is 0. The first-order valence-electron chi connectivity index (χ1n) is 21.1. The van der Waals surface area contributed by atoms with E-state index in [1.54, 1.807) is 52.0 Å². The maximum absolute atomic E-state index is 14.5. The third-order valence-electron chi connectivity index (χ3n) is 13.1. The minimum Gasteiger partial charge on any atom is -0.507 e. The highest BCUT2D eigenvalue weighted by Gasteiger charge is 2.44. The summed E-state index contributed by atoms with van der Waals surface area (Å²) in [5.41, 5.74) is -0.148. The van der Waals surface area contributed by atoms with Gasteiger partial charge in [-0.15, -0.1) is 0 Å². The van der Waals surface area contributed by atoms with E-state index >= 15 is 0 Å². The zero-order valence-corrected chi connectivity index (χ0v) is 35.4. The third-order valence-corrected chi connectivity index (χ3v) is 13.1. The standard InChI is InChI=1S/C46H60N4O10/c1-25-11-9-12-26(2)46(58)48-42-32(24-47-50-21-19-49(20-22-50)30-13-7-8-14-30)44(56)41-39-31(17-18-34(53)40(41)45(42)57)27(3)38(36(59-6)16-10-15-33(39)52)37(60-29(5)51)23-35(54)28(4)43(25)55/h9-12,16,24-25,27-28,30-31,35-38,43,53-57H,7-8,13-15,19-23H2,1-6H3,(H,48,58)/b11-9+,16-10+,26-12-,47-24+/t25-,27?,28-,31?,35-,36-,37-,38-,43-/m0/s1. The number of amides is 1. The van der Waals surface area contributed by atoms with Crippen LogP contribution in [0.5, 0.6) is 11.5 Å². The van der Waals surface area contributed by atoms with Crippen molar-refractivity contribution in [1.82, 2.24) is 9.91 Å². The first-order chi connectivity index (χ1) is 28.6. The number of aromatic hydroxyl groups is 2. The number of hydrogen-bond donors (Lipinski definition) is 6. The number of Topliss-reactive ketones (excluding diaryl/α,β-unsaturated/α-hetero) is 1. The number of aliphatic hydroxyl groups is 3. The quantitative estimate of drug-likeness (QED) is 0.0634. The minimum absolute atomic E-state index is 0.0127. The Morgan fingerprint density at radius 2 is 1.68 bits per heavy atom. The summed E-state index contributed by atoms with van der Waals surface area (Å²) < 4.78 is 11.9. The molecule has 6 bridgehead atoms. The summed E-state index contributed by atoms with van der Waals surface area (Å²) in [7, 11) is 1.48. The van der Waals surface area contributed by atoms with E-state index in [0.29, 0.717) is 19.1 Å². The zero-order chi connectivity index (χ0) is 43.4. The first-order valence-corrected chi connectivity index (χ1v) is 21.1. The number of rotatable bonds is 5. The molecular weight excluding hydrogens is 769 g/mol. The van der Waals surface area contributed by atoms with Crippen molar-refractivity contribution < 1.29 is 49.4 Å². The van der Waals surface area contributed by atoms with Crippen LogP contribution in [0.15, 0.2) is 41.1 Å². The van der Waals surface area contributed by atoms with Crippen LogP contribution >= 0.6 is 0 Å². The van der Waals surface area contributed by atoms with Gasteiger partial charge in [-0.2, -0.15) is 5.10 Å². The lowest BCUT2D eigenvalue weighted by Gasteiger charge is -2.39. The van der Waals surface area contributed by atoms with Gasteiger partial charge >= 0.3 is 5.97 Å². The number of anilines is 1. The van der Waals surface area contributed by atoms with Crippen LogP contribution in [0, 0.1) is 41.4 Å². The number of esters is 1. The fourth-order valence-corrected chi connectivity index (χ4v) is 9.52. The molecule has 3 aliphatic heterocycles. The number of ketones is 1. The van der Waals surface area contributed by atoms with E-state index in [1.165, 1.54) is 52.0 Å². The van der Waals surface area contributed by atoms with Gasteiger partial charge in [-0.1, -0.05) is 69.9 Å². The van der Waals surface area contributed by atoms with Crippen LogP contribution in [0.3, 0.4) is 0 Å². The Bertz CT molecular complexity index is 2140. The van der Waals surface area contributed by atoms with E-state index in [4.69, 9.17) is 14.6 Å². The first kappa shape index (κ1) is 44.6. The highest BCUT2D eigenvalue weighted by atomic mass is 16.5. The Morgan fingerprint density at radius 3 is 2.35 bits per heavy atom. The number of benzene rings is 1. The van der Waals surface area contributed by atoms with Gasteiger partial charge in [0.2, 0.25) is 0 Å². The molecule has 2 unspecified atom stereocenters. The second-order valence-electron chi connectivity index (χ2n) is 17.0. The van der Waals surface area contributed by atoms with Gasteiger partial charge in [0.15, 0.2) is 17.3 Å². The Balaban J connectivity index is 1.60. The normalized spacial score (nSPS) is 33.0.